The minimum atomic E-state index is -0.669. The summed E-state index contributed by atoms with van der Waals surface area (Å²) in [6, 6.07) is 4.44. The van der Waals surface area contributed by atoms with E-state index in [1.165, 1.54) is 26.4 Å². The summed E-state index contributed by atoms with van der Waals surface area (Å²) in [5.41, 5.74) is 1.55. The Labute approximate surface area is 164 Å². The molecule has 0 unspecified atom stereocenters. The van der Waals surface area contributed by atoms with Crippen LogP contribution in [0.3, 0.4) is 0 Å². The van der Waals surface area contributed by atoms with Crippen molar-refractivity contribution in [2.75, 3.05) is 12.4 Å². The van der Waals surface area contributed by atoms with E-state index >= 15 is 0 Å². The molecule has 150 valence electrons. The van der Waals surface area contributed by atoms with Crippen LogP contribution < -0.4 is 10.6 Å². The van der Waals surface area contributed by atoms with Crippen molar-refractivity contribution < 1.29 is 19.1 Å². The van der Waals surface area contributed by atoms with Gasteiger partial charge in [-0.3, -0.25) is 9.59 Å². The van der Waals surface area contributed by atoms with Crippen molar-refractivity contribution >= 4 is 34.4 Å². The molecule has 2 amide bonds. The second kappa shape index (κ2) is 8.91. The van der Waals surface area contributed by atoms with Crippen LogP contribution in [0.25, 0.3) is 10.9 Å². The van der Waals surface area contributed by atoms with E-state index < -0.39 is 12.0 Å². The Morgan fingerprint density at radius 1 is 1.21 bits per heavy atom. The number of nitrogens with one attached hydrogen (secondary N) is 3. The number of esters is 1. The van der Waals surface area contributed by atoms with Crippen LogP contribution in [0.2, 0.25) is 0 Å². The number of carbonyl (C=O) groups is 3. The summed E-state index contributed by atoms with van der Waals surface area (Å²) in [5.74, 6) is -0.486. The number of benzene rings is 1. The molecule has 0 radical (unpaired) electrons. The van der Waals surface area contributed by atoms with E-state index in [0.717, 1.165) is 18.2 Å². The lowest BCUT2D eigenvalue weighted by atomic mass is 9.87. The van der Waals surface area contributed by atoms with Gasteiger partial charge < -0.3 is 20.4 Å². The fraction of sp³-hybridized carbons (Fsp3) is 0.476. The van der Waals surface area contributed by atoms with Crippen molar-refractivity contribution in [1.29, 1.82) is 0 Å². The van der Waals surface area contributed by atoms with Crippen LogP contribution in [0, 0.1) is 5.92 Å². The Morgan fingerprint density at radius 3 is 2.68 bits per heavy atom. The molecule has 1 saturated carbocycles. The van der Waals surface area contributed by atoms with Gasteiger partial charge in [0.15, 0.2) is 0 Å². The van der Waals surface area contributed by atoms with Crippen molar-refractivity contribution in [3.05, 3.63) is 30.0 Å². The van der Waals surface area contributed by atoms with E-state index in [1.54, 1.807) is 31.3 Å². The van der Waals surface area contributed by atoms with E-state index in [1.807, 2.05) is 0 Å². The number of fused-ring (bicyclic) bond motifs is 1. The van der Waals surface area contributed by atoms with Gasteiger partial charge in [0.1, 0.15) is 6.04 Å². The number of rotatable bonds is 6. The highest BCUT2D eigenvalue weighted by atomic mass is 16.5. The Balaban J connectivity index is 1.63. The van der Waals surface area contributed by atoms with Gasteiger partial charge in [-0.05, 0) is 43.9 Å². The number of hydrogen-bond acceptors (Lipinski definition) is 4. The number of carbonyl (C=O) groups excluding carboxylic acids is 3. The molecular weight excluding hydrogens is 358 g/mol. The first-order chi connectivity index (χ1) is 13.5. The summed E-state index contributed by atoms with van der Waals surface area (Å²) in [6.45, 7) is 1.66. The van der Waals surface area contributed by atoms with Gasteiger partial charge in [-0.15, -0.1) is 0 Å². The van der Waals surface area contributed by atoms with Crippen molar-refractivity contribution in [3.8, 4) is 0 Å². The standard InChI is InChI=1S/C21H27N3O4/c1-13(23-19(25)10-14-6-4-3-5-7-14)20(26)24-15-11-17(21(27)28-2)16-8-9-22-18(16)12-15/h8-9,11-14,22H,3-7,10H2,1-2H3,(H,23,25)(H,24,26)/t13-/m0/s1. The maximum atomic E-state index is 12.5. The number of hydrogen-bond donors (Lipinski definition) is 3. The number of H-pyrrole nitrogens is 1. The van der Waals surface area contributed by atoms with Crippen molar-refractivity contribution in [2.45, 2.75) is 51.5 Å². The lowest BCUT2D eigenvalue weighted by Crippen LogP contribution is -2.42. The summed E-state index contributed by atoms with van der Waals surface area (Å²) < 4.78 is 4.82. The molecule has 1 atom stereocenters. The molecule has 1 fully saturated rings. The molecule has 1 aromatic carbocycles. The van der Waals surface area contributed by atoms with Crippen LogP contribution >= 0.6 is 0 Å². The number of ether oxygens (including phenoxy) is 1. The summed E-state index contributed by atoms with van der Waals surface area (Å²) in [5, 5.41) is 6.27. The maximum absolute atomic E-state index is 12.5. The second-order valence-corrected chi connectivity index (χ2v) is 7.44. The lowest BCUT2D eigenvalue weighted by molar-refractivity contribution is -0.126. The first kappa shape index (κ1) is 19.9. The Bertz CT molecular complexity index is 868. The van der Waals surface area contributed by atoms with Gasteiger partial charge >= 0.3 is 5.97 Å². The highest BCUT2D eigenvalue weighted by molar-refractivity contribution is 6.07. The molecule has 1 aliphatic carbocycles. The molecule has 1 aliphatic rings. The summed E-state index contributed by atoms with van der Waals surface area (Å²) in [7, 11) is 1.32. The third-order valence-electron chi connectivity index (χ3n) is 5.31. The first-order valence-electron chi connectivity index (χ1n) is 9.77. The van der Waals surface area contributed by atoms with Crippen molar-refractivity contribution in [3.63, 3.8) is 0 Å². The fourth-order valence-electron chi connectivity index (χ4n) is 3.79. The average molecular weight is 385 g/mol. The topological polar surface area (TPSA) is 100 Å². The van der Waals surface area contributed by atoms with Gasteiger partial charge in [0.25, 0.3) is 0 Å². The van der Waals surface area contributed by atoms with Gasteiger partial charge in [0.05, 0.1) is 12.7 Å². The Morgan fingerprint density at radius 2 is 1.96 bits per heavy atom. The third-order valence-corrected chi connectivity index (χ3v) is 5.31. The normalized spacial score (nSPS) is 15.8. The molecule has 1 aromatic heterocycles. The van der Waals surface area contributed by atoms with E-state index in [2.05, 4.69) is 15.6 Å². The van der Waals surface area contributed by atoms with Crippen LogP contribution in [0.15, 0.2) is 24.4 Å². The molecule has 3 rings (SSSR count). The number of aromatic nitrogens is 1. The third kappa shape index (κ3) is 4.71. The van der Waals surface area contributed by atoms with Crippen LogP contribution in [0.1, 0.15) is 55.8 Å². The van der Waals surface area contributed by atoms with Crippen LogP contribution in [0.5, 0.6) is 0 Å². The summed E-state index contributed by atoms with van der Waals surface area (Å²) in [6.07, 6.45) is 7.96. The van der Waals surface area contributed by atoms with Gasteiger partial charge in [-0.1, -0.05) is 19.3 Å². The fourth-order valence-corrected chi connectivity index (χ4v) is 3.79. The highest BCUT2D eigenvalue weighted by Gasteiger charge is 2.21. The number of aromatic amines is 1. The maximum Gasteiger partial charge on any atom is 0.338 e. The van der Waals surface area contributed by atoms with E-state index in [9.17, 15) is 14.4 Å². The van der Waals surface area contributed by atoms with Gasteiger partial charge in [0, 0.05) is 29.2 Å². The minimum Gasteiger partial charge on any atom is -0.465 e. The molecule has 1 heterocycles. The summed E-state index contributed by atoms with van der Waals surface area (Å²) >= 11 is 0. The lowest BCUT2D eigenvalue weighted by Gasteiger charge is -2.22. The molecule has 0 saturated heterocycles. The predicted molar refractivity (Wildman–Crippen MR) is 107 cm³/mol. The molecule has 3 N–H and O–H groups in total. The molecule has 7 nitrogen and oxygen atoms in total. The van der Waals surface area contributed by atoms with Gasteiger partial charge in [0.2, 0.25) is 11.8 Å². The largest absolute Gasteiger partial charge is 0.465 e. The van der Waals surface area contributed by atoms with Crippen molar-refractivity contribution in [1.82, 2.24) is 10.3 Å². The second-order valence-electron chi connectivity index (χ2n) is 7.44. The first-order valence-corrected chi connectivity index (χ1v) is 9.77. The molecule has 0 aliphatic heterocycles. The predicted octanol–water partition coefficient (Wildman–Crippen LogP) is 3.37. The Hall–Kier alpha value is -2.83. The van der Waals surface area contributed by atoms with Crippen LogP contribution in [0.4, 0.5) is 5.69 Å². The van der Waals surface area contributed by atoms with Crippen LogP contribution in [-0.2, 0) is 14.3 Å². The molecular formula is C21H27N3O4. The Kier molecular flexibility index (Phi) is 6.34. The zero-order chi connectivity index (χ0) is 20.1. The number of methoxy groups -OCH3 is 1. The molecule has 2 aromatic rings. The molecule has 0 spiro atoms. The van der Waals surface area contributed by atoms with Crippen molar-refractivity contribution in [2.24, 2.45) is 5.92 Å². The molecule has 7 heteroatoms. The molecule has 28 heavy (non-hydrogen) atoms. The molecule has 0 bridgehead atoms. The zero-order valence-corrected chi connectivity index (χ0v) is 16.3. The summed E-state index contributed by atoms with van der Waals surface area (Å²) in [4.78, 5) is 39.8. The van der Waals surface area contributed by atoms with Crippen LogP contribution in [-0.4, -0.2) is 35.9 Å². The minimum absolute atomic E-state index is 0.0929. The van der Waals surface area contributed by atoms with E-state index in [0.29, 0.717) is 29.1 Å². The van der Waals surface area contributed by atoms with E-state index in [4.69, 9.17) is 4.74 Å². The quantitative estimate of drug-likeness (QED) is 0.664. The zero-order valence-electron chi connectivity index (χ0n) is 16.3. The smallest absolute Gasteiger partial charge is 0.338 e. The van der Waals surface area contributed by atoms with Gasteiger partial charge in [-0.25, -0.2) is 4.79 Å². The average Bonchev–Trinajstić information content (AvgIpc) is 3.15. The monoisotopic (exact) mass is 385 g/mol. The number of amides is 2. The number of anilines is 1. The van der Waals surface area contributed by atoms with E-state index in [-0.39, 0.29) is 11.8 Å². The van der Waals surface area contributed by atoms with Gasteiger partial charge in [-0.2, -0.15) is 0 Å². The highest BCUT2D eigenvalue weighted by Crippen LogP contribution is 2.26. The SMILES string of the molecule is COC(=O)c1cc(NC(=O)[C@H](C)NC(=O)CC2CCCCC2)cc2[nH]ccc12.